The van der Waals surface area contributed by atoms with Crippen molar-refractivity contribution in [3.8, 4) is 5.75 Å². The van der Waals surface area contributed by atoms with Crippen LogP contribution in [0.3, 0.4) is 0 Å². The summed E-state index contributed by atoms with van der Waals surface area (Å²) in [7, 11) is 1.64. The van der Waals surface area contributed by atoms with Crippen LogP contribution < -0.4 is 15.4 Å². The average Bonchev–Trinajstić information content (AvgIpc) is 2.39. The fourth-order valence-electron chi connectivity index (χ4n) is 1.43. The highest BCUT2D eigenvalue weighted by Crippen LogP contribution is 2.22. The smallest absolute Gasteiger partial charge is 0.170 e. The molecule has 0 amide bonds. The quantitative estimate of drug-likeness (QED) is 0.587. The van der Waals surface area contributed by atoms with Crippen molar-refractivity contribution in [2.45, 2.75) is 13.3 Å². The molecule has 1 aromatic rings. The largest absolute Gasteiger partial charge is 0.495 e. The van der Waals surface area contributed by atoms with Crippen molar-refractivity contribution < 1.29 is 9.47 Å². The Kier molecular flexibility index (Phi) is 7.13. The number of nitrogens with one attached hydrogen (secondary N) is 2. The van der Waals surface area contributed by atoms with E-state index >= 15 is 0 Å². The minimum absolute atomic E-state index is 0.594. The molecule has 0 fully saturated rings. The van der Waals surface area contributed by atoms with Crippen molar-refractivity contribution in [2.75, 3.05) is 32.2 Å². The monoisotopic (exact) mass is 268 g/mol. The first-order valence-electron chi connectivity index (χ1n) is 6.03. The molecule has 0 aliphatic heterocycles. The molecule has 1 rings (SSSR count). The molecule has 0 heterocycles. The SMILES string of the molecule is CCOCCCNC(=S)Nc1ccccc1OC. The lowest BCUT2D eigenvalue weighted by atomic mass is 10.3. The molecule has 0 saturated heterocycles. The molecule has 0 aliphatic carbocycles. The Labute approximate surface area is 114 Å². The summed E-state index contributed by atoms with van der Waals surface area (Å²) in [6.45, 7) is 4.28. The van der Waals surface area contributed by atoms with E-state index in [0.717, 1.165) is 37.6 Å². The van der Waals surface area contributed by atoms with E-state index in [4.69, 9.17) is 21.7 Å². The van der Waals surface area contributed by atoms with Gasteiger partial charge in [0.25, 0.3) is 0 Å². The molecule has 5 heteroatoms. The van der Waals surface area contributed by atoms with Gasteiger partial charge in [0.15, 0.2) is 5.11 Å². The highest BCUT2D eigenvalue weighted by molar-refractivity contribution is 7.80. The molecule has 0 atom stereocenters. The number of hydrogen-bond donors (Lipinski definition) is 2. The Morgan fingerprint density at radius 3 is 2.83 bits per heavy atom. The molecule has 100 valence electrons. The molecule has 2 N–H and O–H groups in total. The number of rotatable bonds is 7. The lowest BCUT2D eigenvalue weighted by Crippen LogP contribution is -2.29. The Bertz CT molecular complexity index is 372. The van der Waals surface area contributed by atoms with E-state index in [-0.39, 0.29) is 0 Å². The van der Waals surface area contributed by atoms with Gasteiger partial charge >= 0.3 is 0 Å². The summed E-state index contributed by atoms with van der Waals surface area (Å²) < 4.78 is 10.5. The minimum atomic E-state index is 0.594. The van der Waals surface area contributed by atoms with Crippen LogP contribution in [0.2, 0.25) is 0 Å². The molecule has 18 heavy (non-hydrogen) atoms. The van der Waals surface area contributed by atoms with Crippen LogP contribution in [0, 0.1) is 0 Å². The Hall–Kier alpha value is -1.33. The van der Waals surface area contributed by atoms with E-state index in [1.807, 2.05) is 31.2 Å². The molecule has 1 aromatic carbocycles. The van der Waals surface area contributed by atoms with Gasteiger partial charge in [0.05, 0.1) is 12.8 Å². The standard InChI is InChI=1S/C13H20N2O2S/c1-3-17-10-6-9-14-13(18)15-11-7-4-5-8-12(11)16-2/h4-5,7-8H,3,6,9-10H2,1-2H3,(H2,14,15,18). The first-order valence-corrected chi connectivity index (χ1v) is 6.44. The number of para-hydroxylation sites is 2. The molecule has 0 unspecified atom stereocenters. The predicted octanol–water partition coefficient (Wildman–Crippen LogP) is 2.41. The summed E-state index contributed by atoms with van der Waals surface area (Å²) >= 11 is 5.20. The number of anilines is 1. The summed E-state index contributed by atoms with van der Waals surface area (Å²) in [6, 6.07) is 7.66. The van der Waals surface area contributed by atoms with Crippen molar-refractivity contribution in [1.29, 1.82) is 0 Å². The van der Waals surface area contributed by atoms with Crippen LogP contribution in [0.4, 0.5) is 5.69 Å². The predicted molar refractivity (Wildman–Crippen MR) is 78.3 cm³/mol. The second-order valence-corrected chi connectivity index (χ2v) is 4.04. The molecular weight excluding hydrogens is 248 g/mol. The lowest BCUT2D eigenvalue weighted by molar-refractivity contribution is 0.146. The van der Waals surface area contributed by atoms with E-state index in [1.54, 1.807) is 7.11 Å². The number of hydrogen-bond acceptors (Lipinski definition) is 3. The summed E-state index contributed by atoms with van der Waals surface area (Å²) in [5.41, 5.74) is 0.863. The maximum Gasteiger partial charge on any atom is 0.170 e. The fourth-order valence-corrected chi connectivity index (χ4v) is 1.65. The first-order chi connectivity index (χ1) is 8.77. The van der Waals surface area contributed by atoms with Crippen LogP contribution in [0.15, 0.2) is 24.3 Å². The van der Waals surface area contributed by atoms with Gasteiger partial charge in [-0.1, -0.05) is 12.1 Å². The molecule has 0 aliphatic rings. The van der Waals surface area contributed by atoms with Crippen LogP contribution in [0.25, 0.3) is 0 Å². The zero-order chi connectivity index (χ0) is 13.2. The van der Waals surface area contributed by atoms with Gasteiger partial charge in [-0.2, -0.15) is 0 Å². The lowest BCUT2D eigenvalue weighted by Gasteiger charge is -2.13. The van der Waals surface area contributed by atoms with Gasteiger partial charge in [0.2, 0.25) is 0 Å². The van der Waals surface area contributed by atoms with E-state index in [1.165, 1.54) is 0 Å². The van der Waals surface area contributed by atoms with Gasteiger partial charge in [-0.15, -0.1) is 0 Å². The summed E-state index contributed by atoms with van der Waals surface area (Å²) in [5.74, 6) is 0.774. The third kappa shape index (κ3) is 5.33. The van der Waals surface area contributed by atoms with Gasteiger partial charge in [-0.25, -0.2) is 0 Å². The number of ether oxygens (including phenoxy) is 2. The van der Waals surface area contributed by atoms with Crippen molar-refractivity contribution in [3.05, 3.63) is 24.3 Å². The Balaban J connectivity index is 2.31. The highest BCUT2D eigenvalue weighted by atomic mass is 32.1. The van der Waals surface area contributed by atoms with E-state index in [0.29, 0.717) is 5.11 Å². The third-order valence-corrected chi connectivity index (χ3v) is 2.56. The van der Waals surface area contributed by atoms with Crippen molar-refractivity contribution >= 4 is 23.0 Å². The maximum atomic E-state index is 5.25. The van der Waals surface area contributed by atoms with E-state index in [9.17, 15) is 0 Å². The number of benzene rings is 1. The van der Waals surface area contributed by atoms with Gasteiger partial charge in [0, 0.05) is 19.8 Å². The minimum Gasteiger partial charge on any atom is -0.495 e. The zero-order valence-corrected chi connectivity index (χ0v) is 11.7. The van der Waals surface area contributed by atoms with E-state index in [2.05, 4.69) is 10.6 Å². The molecule has 4 nitrogen and oxygen atoms in total. The summed E-state index contributed by atoms with van der Waals surface area (Å²) in [6.07, 6.45) is 0.932. The van der Waals surface area contributed by atoms with Crippen molar-refractivity contribution in [2.24, 2.45) is 0 Å². The Morgan fingerprint density at radius 2 is 2.11 bits per heavy atom. The average molecular weight is 268 g/mol. The maximum absolute atomic E-state index is 5.25. The molecular formula is C13H20N2O2S. The van der Waals surface area contributed by atoms with Gasteiger partial charge in [-0.05, 0) is 37.7 Å². The van der Waals surface area contributed by atoms with Crippen LogP contribution in [-0.4, -0.2) is 32.0 Å². The fraction of sp³-hybridized carbons (Fsp3) is 0.462. The van der Waals surface area contributed by atoms with Crippen molar-refractivity contribution in [3.63, 3.8) is 0 Å². The van der Waals surface area contributed by atoms with Crippen LogP contribution >= 0.6 is 12.2 Å². The van der Waals surface area contributed by atoms with Crippen LogP contribution in [-0.2, 0) is 4.74 Å². The molecule has 0 radical (unpaired) electrons. The van der Waals surface area contributed by atoms with Gasteiger partial charge in [-0.3, -0.25) is 0 Å². The normalized spacial score (nSPS) is 9.89. The van der Waals surface area contributed by atoms with Gasteiger partial charge < -0.3 is 20.1 Å². The van der Waals surface area contributed by atoms with Crippen LogP contribution in [0.5, 0.6) is 5.75 Å². The molecule has 0 saturated carbocycles. The first kappa shape index (κ1) is 14.7. The number of methoxy groups -OCH3 is 1. The summed E-state index contributed by atoms with van der Waals surface area (Å²) in [5, 5.41) is 6.83. The number of thiocarbonyl (C=S) groups is 1. The molecule has 0 spiro atoms. The van der Waals surface area contributed by atoms with Crippen molar-refractivity contribution in [1.82, 2.24) is 5.32 Å². The summed E-state index contributed by atoms with van der Waals surface area (Å²) in [4.78, 5) is 0. The second-order valence-electron chi connectivity index (χ2n) is 3.63. The zero-order valence-electron chi connectivity index (χ0n) is 10.9. The highest BCUT2D eigenvalue weighted by Gasteiger charge is 2.02. The third-order valence-electron chi connectivity index (χ3n) is 2.31. The van der Waals surface area contributed by atoms with Gasteiger partial charge in [0.1, 0.15) is 5.75 Å². The Morgan fingerprint density at radius 1 is 1.33 bits per heavy atom. The second kappa shape index (κ2) is 8.72. The molecule has 0 bridgehead atoms. The topological polar surface area (TPSA) is 42.5 Å². The van der Waals surface area contributed by atoms with Crippen LogP contribution in [0.1, 0.15) is 13.3 Å². The van der Waals surface area contributed by atoms with E-state index < -0.39 is 0 Å². The molecule has 0 aromatic heterocycles.